The summed E-state index contributed by atoms with van der Waals surface area (Å²) in [6, 6.07) is 14.1. The van der Waals surface area contributed by atoms with Crippen LogP contribution in [0.25, 0.3) is 21.8 Å². The van der Waals surface area contributed by atoms with Gasteiger partial charge in [0.05, 0.1) is 0 Å². The third kappa shape index (κ3) is 3.32. The highest BCUT2D eigenvalue weighted by Crippen LogP contribution is 2.36. The van der Waals surface area contributed by atoms with Crippen LogP contribution < -0.4 is 0 Å². The second kappa shape index (κ2) is 6.37. The van der Waals surface area contributed by atoms with Gasteiger partial charge in [-0.25, -0.2) is 4.99 Å². The lowest BCUT2D eigenvalue weighted by Gasteiger charge is -2.19. The summed E-state index contributed by atoms with van der Waals surface area (Å²) >= 11 is 0. The van der Waals surface area contributed by atoms with Crippen molar-refractivity contribution in [2.45, 2.75) is 71.9 Å². The van der Waals surface area contributed by atoms with Gasteiger partial charge in [0.15, 0.2) is 5.90 Å². The van der Waals surface area contributed by atoms with Gasteiger partial charge < -0.3 is 9.30 Å². The molecule has 0 amide bonds. The lowest BCUT2D eigenvalue weighted by molar-refractivity contribution is 0.305. The van der Waals surface area contributed by atoms with Gasteiger partial charge >= 0.3 is 0 Å². The lowest BCUT2D eigenvalue weighted by Crippen LogP contribution is -2.16. The minimum atomic E-state index is 0.130. The maximum Gasteiger partial charge on any atom is 0.180 e. The van der Waals surface area contributed by atoms with Crippen molar-refractivity contribution in [2.24, 2.45) is 4.99 Å². The molecule has 0 N–H and O–H groups in total. The fourth-order valence-electron chi connectivity index (χ4n) is 4.09. The predicted molar refractivity (Wildman–Crippen MR) is 120 cm³/mol. The molecule has 3 aromatic rings. The van der Waals surface area contributed by atoms with Crippen LogP contribution in [0.15, 0.2) is 41.4 Å². The summed E-state index contributed by atoms with van der Waals surface area (Å²) in [6.45, 7) is 17.1. The summed E-state index contributed by atoms with van der Waals surface area (Å²) in [5.41, 5.74) is 5.58. The normalized spacial score (nSPS) is 18.0. The Kier molecular flexibility index (Phi) is 4.33. The first-order valence-corrected chi connectivity index (χ1v) is 10.3. The van der Waals surface area contributed by atoms with E-state index in [0.29, 0.717) is 6.61 Å². The number of ether oxygens (including phenoxy) is 1. The molecule has 148 valence electrons. The van der Waals surface area contributed by atoms with E-state index in [1.165, 1.54) is 32.9 Å². The largest absolute Gasteiger partial charge is 0.479 e. The van der Waals surface area contributed by atoms with E-state index in [4.69, 9.17) is 4.74 Å². The average molecular weight is 377 g/mol. The number of aromatic nitrogens is 1. The Morgan fingerprint density at radius 3 is 1.79 bits per heavy atom. The van der Waals surface area contributed by atoms with Crippen LogP contribution in [0, 0.1) is 0 Å². The minimum Gasteiger partial charge on any atom is -0.479 e. The predicted octanol–water partition coefficient (Wildman–Crippen LogP) is 6.21. The van der Waals surface area contributed by atoms with Crippen LogP contribution >= 0.6 is 0 Å². The van der Waals surface area contributed by atoms with Crippen molar-refractivity contribution in [1.29, 1.82) is 0 Å². The van der Waals surface area contributed by atoms with Crippen LogP contribution in [0.3, 0.4) is 0 Å². The first-order valence-electron chi connectivity index (χ1n) is 10.3. The maximum absolute atomic E-state index is 5.60. The molecule has 0 fully saturated rings. The second-order valence-electron chi connectivity index (χ2n) is 10.2. The van der Waals surface area contributed by atoms with Crippen molar-refractivity contribution in [1.82, 2.24) is 4.57 Å². The van der Waals surface area contributed by atoms with Crippen molar-refractivity contribution in [3.8, 4) is 0 Å². The van der Waals surface area contributed by atoms with Gasteiger partial charge in [-0.15, -0.1) is 0 Å². The van der Waals surface area contributed by atoms with E-state index in [1.807, 2.05) is 6.92 Å². The number of hydrogen-bond donors (Lipinski definition) is 0. The van der Waals surface area contributed by atoms with Gasteiger partial charge in [-0.3, -0.25) is 0 Å². The monoisotopic (exact) mass is 376 g/mol. The summed E-state index contributed by atoms with van der Waals surface area (Å²) in [6.07, 6.45) is 0. The van der Waals surface area contributed by atoms with E-state index in [9.17, 15) is 0 Å². The summed E-state index contributed by atoms with van der Waals surface area (Å²) in [4.78, 5) is 4.66. The topological polar surface area (TPSA) is 26.5 Å². The van der Waals surface area contributed by atoms with Gasteiger partial charge in [0.2, 0.25) is 0 Å². The first-order chi connectivity index (χ1) is 13.0. The number of hydrogen-bond acceptors (Lipinski definition) is 2. The van der Waals surface area contributed by atoms with Crippen molar-refractivity contribution in [2.75, 3.05) is 6.61 Å². The van der Waals surface area contributed by atoms with Crippen molar-refractivity contribution in [3.63, 3.8) is 0 Å². The maximum atomic E-state index is 5.60. The van der Waals surface area contributed by atoms with E-state index in [2.05, 4.69) is 87.5 Å². The fourth-order valence-corrected chi connectivity index (χ4v) is 4.09. The molecule has 0 unspecified atom stereocenters. The van der Waals surface area contributed by atoms with Crippen LogP contribution in [0.4, 0.5) is 0 Å². The molecule has 1 atom stereocenters. The summed E-state index contributed by atoms with van der Waals surface area (Å²) in [5, 5.41) is 2.68. The molecule has 1 aliphatic heterocycles. The molecule has 0 radical (unpaired) electrons. The van der Waals surface area contributed by atoms with Gasteiger partial charge in [-0.1, -0.05) is 53.7 Å². The Bertz CT molecular complexity index is 1000. The number of fused-ring (bicyclic) bond motifs is 3. The van der Waals surface area contributed by atoms with Crippen LogP contribution in [0.2, 0.25) is 0 Å². The highest BCUT2D eigenvalue weighted by atomic mass is 16.5. The van der Waals surface area contributed by atoms with Gasteiger partial charge in [0.1, 0.15) is 12.6 Å². The van der Waals surface area contributed by atoms with E-state index in [0.717, 1.165) is 12.4 Å². The highest BCUT2D eigenvalue weighted by Gasteiger charge is 2.22. The zero-order valence-corrected chi connectivity index (χ0v) is 18.3. The summed E-state index contributed by atoms with van der Waals surface area (Å²) in [5.74, 6) is 0.802. The van der Waals surface area contributed by atoms with Gasteiger partial charge in [-0.05, 0) is 46.2 Å². The molecule has 3 heteroatoms. The third-order valence-electron chi connectivity index (χ3n) is 5.84. The summed E-state index contributed by atoms with van der Waals surface area (Å²) in [7, 11) is 0. The van der Waals surface area contributed by atoms with E-state index in [1.54, 1.807) is 0 Å². The molecule has 28 heavy (non-hydrogen) atoms. The Morgan fingerprint density at radius 1 is 0.893 bits per heavy atom. The number of aliphatic imine (C=N–C) groups is 1. The Labute approximate surface area is 168 Å². The molecule has 3 nitrogen and oxygen atoms in total. The van der Waals surface area contributed by atoms with Crippen LogP contribution in [-0.2, 0) is 22.1 Å². The van der Waals surface area contributed by atoms with Gasteiger partial charge in [0.25, 0.3) is 0 Å². The van der Waals surface area contributed by atoms with Crippen molar-refractivity contribution < 1.29 is 4.74 Å². The van der Waals surface area contributed by atoms with Crippen LogP contribution in [0.5, 0.6) is 0 Å². The second-order valence-corrected chi connectivity index (χ2v) is 10.2. The molecule has 0 saturated heterocycles. The molecule has 0 saturated carbocycles. The first kappa shape index (κ1) is 19.0. The Morgan fingerprint density at radius 2 is 1.39 bits per heavy atom. The molecule has 1 aliphatic rings. The molecular formula is C25H32N2O. The molecule has 0 bridgehead atoms. The molecular weight excluding hydrogens is 344 g/mol. The standard InChI is InChI=1S/C25H32N2O/c1-16-26-19(15-28-16)14-27-22-10-8-17(24(2,3)4)12-20(22)21-13-18(25(5,6)7)9-11-23(21)27/h8-13,19H,14-15H2,1-7H3/t19-/m0/s1. The van der Waals surface area contributed by atoms with E-state index < -0.39 is 0 Å². The molecule has 1 aromatic heterocycles. The molecule has 0 spiro atoms. The zero-order chi connectivity index (χ0) is 20.3. The highest BCUT2D eigenvalue weighted by molar-refractivity contribution is 6.08. The molecule has 2 aromatic carbocycles. The van der Waals surface area contributed by atoms with E-state index in [-0.39, 0.29) is 16.9 Å². The number of nitrogens with zero attached hydrogens (tertiary/aromatic N) is 2. The van der Waals surface area contributed by atoms with Crippen LogP contribution in [-0.4, -0.2) is 23.1 Å². The molecule has 0 aliphatic carbocycles. The molecule has 4 rings (SSSR count). The summed E-state index contributed by atoms with van der Waals surface area (Å²) < 4.78 is 8.03. The van der Waals surface area contributed by atoms with Crippen molar-refractivity contribution >= 4 is 27.7 Å². The fraction of sp³-hybridized carbons (Fsp3) is 0.480. The minimum absolute atomic E-state index is 0.130. The number of rotatable bonds is 2. The third-order valence-corrected chi connectivity index (χ3v) is 5.84. The smallest absolute Gasteiger partial charge is 0.180 e. The van der Waals surface area contributed by atoms with Gasteiger partial charge in [0, 0.05) is 35.3 Å². The van der Waals surface area contributed by atoms with Crippen LogP contribution in [0.1, 0.15) is 59.6 Å². The Balaban J connectivity index is 1.96. The lowest BCUT2D eigenvalue weighted by atomic mass is 9.85. The zero-order valence-electron chi connectivity index (χ0n) is 18.3. The van der Waals surface area contributed by atoms with E-state index >= 15 is 0 Å². The Hall–Kier alpha value is -2.29. The SMILES string of the molecule is CC1=N[C@@H](Cn2c3ccc(C(C)(C)C)cc3c3cc(C(C)(C)C)ccc32)CO1. The average Bonchev–Trinajstić information content (AvgIpc) is 3.15. The quantitative estimate of drug-likeness (QED) is 0.522. The van der Waals surface area contributed by atoms with Gasteiger partial charge in [-0.2, -0.15) is 0 Å². The van der Waals surface area contributed by atoms with Crippen molar-refractivity contribution in [3.05, 3.63) is 47.5 Å². The number of benzene rings is 2. The molecule has 2 heterocycles.